The molecular weight excluding hydrogens is 222 g/mol. The number of amides is 1. The summed E-state index contributed by atoms with van der Waals surface area (Å²) in [6, 6.07) is 6.46. The molecule has 0 aliphatic carbocycles. The van der Waals surface area contributed by atoms with Gasteiger partial charge in [-0.15, -0.1) is 0 Å². The van der Waals surface area contributed by atoms with Crippen molar-refractivity contribution in [2.24, 2.45) is 0 Å². The van der Waals surface area contributed by atoms with Crippen molar-refractivity contribution >= 4 is 23.3 Å². The van der Waals surface area contributed by atoms with E-state index in [1.807, 2.05) is 0 Å². The van der Waals surface area contributed by atoms with E-state index in [1.165, 1.54) is 6.92 Å². The summed E-state index contributed by atoms with van der Waals surface area (Å²) in [5, 5.41) is 11.1. The summed E-state index contributed by atoms with van der Waals surface area (Å²) in [7, 11) is 0. The molecule has 0 saturated heterocycles. The van der Waals surface area contributed by atoms with E-state index in [9.17, 15) is 14.4 Å². The van der Waals surface area contributed by atoms with Gasteiger partial charge in [0.05, 0.1) is 12.8 Å². The highest BCUT2D eigenvalue weighted by Gasteiger charge is 2.05. The van der Waals surface area contributed by atoms with Crippen LogP contribution < -0.4 is 5.32 Å². The molecule has 90 valence electrons. The largest absolute Gasteiger partial charge is 0.481 e. The molecule has 0 aliphatic heterocycles. The average Bonchev–Trinajstić information content (AvgIpc) is 2.18. The Morgan fingerprint density at radius 3 is 2.24 bits per heavy atom. The number of benzene rings is 1. The normalized spacial score (nSPS) is 9.71. The van der Waals surface area contributed by atoms with Crippen molar-refractivity contribution in [2.45, 2.75) is 19.8 Å². The van der Waals surface area contributed by atoms with Crippen molar-refractivity contribution < 1.29 is 19.5 Å². The zero-order valence-corrected chi connectivity index (χ0v) is 9.40. The number of carboxylic acid groups (broad SMARTS) is 1. The van der Waals surface area contributed by atoms with Crippen LogP contribution in [0.2, 0.25) is 0 Å². The summed E-state index contributed by atoms with van der Waals surface area (Å²) >= 11 is 0. The van der Waals surface area contributed by atoms with Crippen molar-refractivity contribution in [3.63, 3.8) is 0 Å². The second kappa shape index (κ2) is 5.79. The van der Waals surface area contributed by atoms with E-state index in [2.05, 4.69) is 5.32 Å². The third-order valence-corrected chi connectivity index (χ3v) is 2.00. The van der Waals surface area contributed by atoms with Gasteiger partial charge in [-0.2, -0.15) is 0 Å². The van der Waals surface area contributed by atoms with E-state index in [1.54, 1.807) is 24.3 Å². The molecule has 0 saturated carbocycles. The van der Waals surface area contributed by atoms with E-state index in [4.69, 9.17) is 5.11 Å². The Balaban J connectivity index is 2.59. The molecule has 0 spiro atoms. The molecule has 0 heterocycles. The van der Waals surface area contributed by atoms with Gasteiger partial charge in [0, 0.05) is 5.69 Å². The highest BCUT2D eigenvalue weighted by atomic mass is 16.4. The quantitative estimate of drug-likeness (QED) is 0.752. The summed E-state index contributed by atoms with van der Waals surface area (Å²) < 4.78 is 0. The first-order chi connectivity index (χ1) is 7.97. The molecule has 0 unspecified atom stereocenters. The number of hydrogen-bond acceptors (Lipinski definition) is 3. The van der Waals surface area contributed by atoms with Gasteiger partial charge in [0.15, 0.2) is 0 Å². The Labute approximate surface area is 98.4 Å². The Kier molecular flexibility index (Phi) is 4.39. The number of aliphatic carboxylic acids is 1. The van der Waals surface area contributed by atoms with E-state index >= 15 is 0 Å². The maximum atomic E-state index is 11.3. The molecule has 0 atom stereocenters. The van der Waals surface area contributed by atoms with Crippen LogP contribution in [-0.4, -0.2) is 22.8 Å². The molecule has 0 aromatic heterocycles. The van der Waals surface area contributed by atoms with Gasteiger partial charge in [-0.05, 0) is 24.6 Å². The molecule has 1 rings (SSSR count). The number of carboxylic acids is 1. The minimum absolute atomic E-state index is 0.0539. The molecule has 0 aliphatic rings. The van der Waals surface area contributed by atoms with Crippen molar-refractivity contribution in [2.75, 3.05) is 5.32 Å². The van der Waals surface area contributed by atoms with Crippen LogP contribution in [0.5, 0.6) is 0 Å². The standard InChI is InChI=1S/C12H13NO4/c1-8(14)6-11(15)13-10-4-2-9(3-5-10)7-12(16)17/h2-5H,6-7H2,1H3,(H,13,15)(H,16,17). The fraction of sp³-hybridized carbons (Fsp3) is 0.250. The summed E-state index contributed by atoms with van der Waals surface area (Å²) in [5.74, 6) is -1.48. The lowest BCUT2D eigenvalue weighted by Gasteiger charge is -2.04. The maximum Gasteiger partial charge on any atom is 0.307 e. The second-order valence-corrected chi connectivity index (χ2v) is 3.69. The minimum Gasteiger partial charge on any atom is -0.481 e. The smallest absolute Gasteiger partial charge is 0.307 e. The van der Waals surface area contributed by atoms with Gasteiger partial charge in [-0.3, -0.25) is 14.4 Å². The molecule has 1 aromatic rings. The third kappa shape index (κ3) is 4.92. The number of Topliss-reactive ketones (excluding diaryl/α,β-unsaturated/α-hetero) is 1. The van der Waals surface area contributed by atoms with Crippen molar-refractivity contribution in [3.05, 3.63) is 29.8 Å². The van der Waals surface area contributed by atoms with E-state index in [0.717, 1.165) is 0 Å². The van der Waals surface area contributed by atoms with Crippen molar-refractivity contribution in [3.8, 4) is 0 Å². The number of carbonyl (C=O) groups excluding carboxylic acids is 2. The minimum atomic E-state index is -0.904. The molecule has 0 fully saturated rings. The van der Waals surface area contributed by atoms with Gasteiger partial charge >= 0.3 is 5.97 Å². The van der Waals surface area contributed by atoms with E-state index < -0.39 is 5.97 Å². The summed E-state index contributed by atoms with van der Waals surface area (Å²) in [6.45, 7) is 1.34. The van der Waals surface area contributed by atoms with Gasteiger partial charge in [-0.25, -0.2) is 0 Å². The molecule has 1 amide bonds. The Hall–Kier alpha value is -2.17. The first-order valence-electron chi connectivity index (χ1n) is 5.07. The SMILES string of the molecule is CC(=O)CC(=O)Nc1ccc(CC(=O)O)cc1. The predicted octanol–water partition coefficient (Wildman–Crippen LogP) is 1.23. The van der Waals surface area contributed by atoms with E-state index in [-0.39, 0.29) is 24.5 Å². The number of ketones is 1. The molecule has 17 heavy (non-hydrogen) atoms. The van der Waals surface area contributed by atoms with E-state index in [0.29, 0.717) is 11.3 Å². The Morgan fingerprint density at radius 2 is 1.76 bits per heavy atom. The number of anilines is 1. The Morgan fingerprint density at radius 1 is 1.18 bits per heavy atom. The van der Waals surface area contributed by atoms with Gasteiger partial charge in [-0.1, -0.05) is 12.1 Å². The molecule has 1 aromatic carbocycles. The fourth-order valence-electron chi connectivity index (χ4n) is 1.31. The lowest BCUT2D eigenvalue weighted by Crippen LogP contribution is -2.14. The monoisotopic (exact) mass is 235 g/mol. The summed E-state index contributed by atoms with van der Waals surface area (Å²) in [5.41, 5.74) is 1.20. The predicted molar refractivity (Wildman–Crippen MR) is 61.7 cm³/mol. The lowest BCUT2D eigenvalue weighted by atomic mass is 10.1. The summed E-state index contributed by atoms with van der Waals surface area (Å²) in [4.78, 5) is 32.4. The highest BCUT2D eigenvalue weighted by molar-refractivity contribution is 6.03. The van der Waals surface area contributed by atoms with Crippen LogP contribution >= 0.6 is 0 Å². The molecular formula is C12H13NO4. The van der Waals surface area contributed by atoms with Crippen molar-refractivity contribution in [1.82, 2.24) is 0 Å². The van der Waals surface area contributed by atoms with Crippen LogP contribution in [0.1, 0.15) is 18.9 Å². The van der Waals surface area contributed by atoms with Crippen LogP contribution in [-0.2, 0) is 20.8 Å². The number of hydrogen-bond donors (Lipinski definition) is 2. The van der Waals surface area contributed by atoms with Gasteiger partial charge in [0.2, 0.25) is 5.91 Å². The first kappa shape index (κ1) is 12.9. The molecule has 0 bridgehead atoms. The topological polar surface area (TPSA) is 83.5 Å². The zero-order valence-electron chi connectivity index (χ0n) is 9.40. The van der Waals surface area contributed by atoms with Crippen LogP contribution in [0, 0.1) is 0 Å². The summed E-state index contributed by atoms with van der Waals surface area (Å²) in [6.07, 6.45) is -0.210. The van der Waals surface area contributed by atoms with Gasteiger partial charge in [0.1, 0.15) is 5.78 Å². The van der Waals surface area contributed by atoms with Crippen LogP contribution in [0.4, 0.5) is 5.69 Å². The second-order valence-electron chi connectivity index (χ2n) is 3.69. The average molecular weight is 235 g/mol. The highest BCUT2D eigenvalue weighted by Crippen LogP contribution is 2.10. The molecule has 5 nitrogen and oxygen atoms in total. The zero-order chi connectivity index (χ0) is 12.8. The molecule has 5 heteroatoms. The first-order valence-corrected chi connectivity index (χ1v) is 5.07. The fourth-order valence-corrected chi connectivity index (χ4v) is 1.31. The molecule has 0 radical (unpaired) electrons. The number of carbonyl (C=O) groups is 3. The van der Waals surface area contributed by atoms with Crippen LogP contribution in [0.3, 0.4) is 0 Å². The van der Waals surface area contributed by atoms with Crippen molar-refractivity contribution in [1.29, 1.82) is 0 Å². The maximum absolute atomic E-state index is 11.3. The van der Waals surface area contributed by atoms with Gasteiger partial charge in [0.25, 0.3) is 0 Å². The third-order valence-electron chi connectivity index (χ3n) is 2.00. The van der Waals surface area contributed by atoms with Crippen LogP contribution in [0.25, 0.3) is 0 Å². The van der Waals surface area contributed by atoms with Crippen LogP contribution in [0.15, 0.2) is 24.3 Å². The Bertz CT molecular complexity index is 436. The van der Waals surface area contributed by atoms with Gasteiger partial charge < -0.3 is 10.4 Å². The molecule has 2 N–H and O–H groups in total. The number of nitrogens with one attached hydrogen (secondary N) is 1. The number of rotatable bonds is 5. The lowest BCUT2D eigenvalue weighted by molar-refractivity contribution is -0.136.